The Morgan fingerprint density at radius 3 is 2.06 bits per heavy atom. The summed E-state index contributed by atoms with van der Waals surface area (Å²) >= 11 is 0. The van der Waals surface area contributed by atoms with E-state index in [2.05, 4.69) is 0 Å². The minimum atomic E-state index is -3.69. The zero-order valence-electron chi connectivity index (χ0n) is 17.7. The Hall–Kier alpha value is -3.51. The Morgan fingerprint density at radius 2 is 1.55 bits per heavy atom. The highest BCUT2D eigenvalue weighted by Crippen LogP contribution is 2.18. The van der Waals surface area contributed by atoms with Crippen LogP contribution in [0.4, 0.5) is 4.39 Å². The van der Waals surface area contributed by atoms with Crippen LogP contribution >= 0.6 is 0 Å². The fraction of sp³-hybridized carbons (Fsp3) is 0.286. The van der Waals surface area contributed by atoms with Crippen LogP contribution in [-0.4, -0.2) is 78.5 Å². The molecule has 0 saturated carbocycles. The van der Waals surface area contributed by atoms with Crippen molar-refractivity contribution in [1.82, 2.24) is 9.21 Å². The van der Waals surface area contributed by atoms with Gasteiger partial charge in [0.25, 0.3) is 5.91 Å². The van der Waals surface area contributed by atoms with Crippen LogP contribution in [-0.2, 0) is 24.4 Å². The fourth-order valence-electron chi connectivity index (χ4n) is 2.87. The summed E-state index contributed by atoms with van der Waals surface area (Å²) in [6.45, 7) is 2.81. The normalized spacial score (nSPS) is 14.1. The van der Waals surface area contributed by atoms with E-state index >= 15 is 0 Å². The Kier molecular flexibility index (Phi) is 8.88. The van der Waals surface area contributed by atoms with Gasteiger partial charge in [0.15, 0.2) is 6.61 Å². The van der Waals surface area contributed by atoms with Crippen LogP contribution in [0.15, 0.2) is 53.4 Å². The number of aliphatic carboxylic acids is 2. The van der Waals surface area contributed by atoms with E-state index in [1.807, 2.05) is 25.1 Å². The summed E-state index contributed by atoms with van der Waals surface area (Å²) in [6, 6.07) is 12.2. The van der Waals surface area contributed by atoms with Gasteiger partial charge < -0.3 is 19.8 Å². The number of carbonyl (C=O) groups excluding carboxylic acids is 1. The smallest absolute Gasteiger partial charge is 0.414 e. The number of sulfonamides is 1. The van der Waals surface area contributed by atoms with Crippen molar-refractivity contribution in [2.75, 3.05) is 32.8 Å². The molecule has 12 heteroatoms. The van der Waals surface area contributed by atoms with Crippen molar-refractivity contribution >= 4 is 27.9 Å². The van der Waals surface area contributed by atoms with Gasteiger partial charge in [0, 0.05) is 26.2 Å². The molecule has 1 saturated heterocycles. The Balaban J connectivity index is 0.000000569. The molecule has 33 heavy (non-hydrogen) atoms. The third kappa shape index (κ3) is 7.54. The lowest BCUT2D eigenvalue weighted by molar-refractivity contribution is -0.159. The predicted molar refractivity (Wildman–Crippen MR) is 114 cm³/mol. The number of benzene rings is 2. The van der Waals surface area contributed by atoms with E-state index in [1.54, 1.807) is 11.0 Å². The van der Waals surface area contributed by atoms with Crippen molar-refractivity contribution in [2.24, 2.45) is 0 Å². The lowest BCUT2D eigenvalue weighted by Crippen LogP contribution is -2.51. The number of carbonyl (C=O) groups is 3. The summed E-state index contributed by atoms with van der Waals surface area (Å²) in [5.74, 6) is -3.70. The fourth-order valence-corrected chi connectivity index (χ4v) is 4.30. The molecule has 2 aromatic rings. The zero-order chi connectivity index (χ0) is 24.6. The quantitative estimate of drug-likeness (QED) is 0.606. The van der Waals surface area contributed by atoms with Gasteiger partial charge in [0.05, 0.1) is 4.90 Å². The van der Waals surface area contributed by atoms with Gasteiger partial charge in [-0.3, -0.25) is 4.79 Å². The molecule has 0 spiro atoms. The summed E-state index contributed by atoms with van der Waals surface area (Å²) in [7, 11) is -3.69. The third-order valence-electron chi connectivity index (χ3n) is 4.58. The molecular weight excluding hydrogens is 459 g/mol. The SMILES string of the molecule is Cc1cccc(OCC(=O)N2CCN(S(=O)(=O)c3ccc(F)cc3)CC2)c1.O=C(O)C(=O)O. The maximum absolute atomic E-state index is 13.0. The van der Waals surface area contributed by atoms with Crippen molar-refractivity contribution in [3.8, 4) is 5.75 Å². The van der Waals surface area contributed by atoms with Crippen LogP contribution in [0.1, 0.15) is 5.56 Å². The molecule has 1 aliphatic rings. The first kappa shape index (κ1) is 25.7. The van der Waals surface area contributed by atoms with Crippen molar-refractivity contribution in [2.45, 2.75) is 11.8 Å². The van der Waals surface area contributed by atoms with Gasteiger partial charge in [-0.1, -0.05) is 12.1 Å². The number of hydrogen-bond donors (Lipinski definition) is 2. The lowest BCUT2D eigenvalue weighted by atomic mass is 10.2. The number of rotatable bonds is 5. The summed E-state index contributed by atoms with van der Waals surface area (Å²) in [6.07, 6.45) is 0. The second kappa shape index (κ2) is 11.4. The number of hydrogen-bond acceptors (Lipinski definition) is 6. The van der Waals surface area contributed by atoms with E-state index in [0.29, 0.717) is 5.75 Å². The highest BCUT2D eigenvalue weighted by atomic mass is 32.2. The number of carboxylic acid groups (broad SMARTS) is 2. The predicted octanol–water partition coefficient (Wildman–Crippen LogP) is 1.20. The van der Waals surface area contributed by atoms with Crippen molar-refractivity contribution in [3.05, 3.63) is 59.9 Å². The van der Waals surface area contributed by atoms with Gasteiger partial charge in [0.1, 0.15) is 11.6 Å². The van der Waals surface area contributed by atoms with E-state index in [0.717, 1.165) is 17.7 Å². The Bertz CT molecular complexity index is 1090. The first-order valence-electron chi connectivity index (χ1n) is 9.70. The average molecular weight is 482 g/mol. The molecule has 2 N–H and O–H groups in total. The molecule has 0 bridgehead atoms. The number of aryl methyl sites for hydroxylation is 1. The number of halogens is 1. The van der Waals surface area contributed by atoms with Gasteiger partial charge in [-0.05, 0) is 48.9 Å². The molecule has 3 rings (SSSR count). The van der Waals surface area contributed by atoms with E-state index in [-0.39, 0.29) is 43.6 Å². The van der Waals surface area contributed by atoms with Crippen LogP contribution in [0, 0.1) is 12.7 Å². The summed E-state index contributed by atoms with van der Waals surface area (Å²) < 4.78 is 45.0. The summed E-state index contributed by atoms with van der Waals surface area (Å²) in [5, 5.41) is 14.8. The number of piperazine rings is 1. The highest BCUT2D eigenvalue weighted by molar-refractivity contribution is 7.89. The van der Waals surface area contributed by atoms with Gasteiger partial charge in [-0.15, -0.1) is 0 Å². The number of nitrogens with zero attached hydrogens (tertiary/aromatic N) is 2. The molecule has 0 unspecified atom stereocenters. The molecule has 1 heterocycles. The van der Waals surface area contributed by atoms with Gasteiger partial charge >= 0.3 is 11.9 Å². The molecular formula is C21H23FN2O8S. The maximum atomic E-state index is 13.0. The second-order valence-electron chi connectivity index (χ2n) is 6.95. The van der Waals surface area contributed by atoms with Crippen LogP contribution in [0.25, 0.3) is 0 Å². The molecule has 0 aliphatic carbocycles. The minimum absolute atomic E-state index is 0.0476. The second-order valence-corrected chi connectivity index (χ2v) is 8.89. The van der Waals surface area contributed by atoms with E-state index in [4.69, 9.17) is 24.5 Å². The zero-order valence-corrected chi connectivity index (χ0v) is 18.5. The van der Waals surface area contributed by atoms with Crippen LogP contribution in [0.5, 0.6) is 5.75 Å². The van der Waals surface area contributed by atoms with Crippen LogP contribution in [0.2, 0.25) is 0 Å². The molecule has 178 valence electrons. The first-order chi connectivity index (χ1) is 15.5. The average Bonchev–Trinajstić information content (AvgIpc) is 2.78. The van der Waals surface area contributed by atoms with Gasteiger partial charge in [-0.25, -0.2) is 22.4 Å². The largest absolute Gasteiger partial charge is 0.484 e. The number of ether oxygens (including phenoxy) is 1. The Labute approximate surface area is 189 Å². The maximum Gasteiger partial charge on any atom is 0.414 e. The Morgan fingerprint density at radius 1 is 0.970 bits per heavy atom. The monoisotopic (exact) mass is 482 g/mol. The van der Waals surface area contributed by atoms with Crippen LogP contribution in [0.3, 0.4) is 0 Å². The molecule has 10 nitrogen and oxygen atoms in total. The number of amides is 1. The third-order valence-corrected chi connectivity index (χ3v) is 6.49. The van der Waals surface area contributed by atoms with E-state index < -0.39 is 27.8 Å². The molecule has 1 fully saturated rings. The molecule has 0 atom stereocenters. The van der Waals surface area contributed by atoms with Crippen molar-refractivity contribution < 1.29 is 42.1 Å². The minimum Gasteiger partial charge on any atom is -0.484 e. The summed E-state index contributed by atoms with van der Waals surface area (Å²) in [4.78, 5) is 32.1. The molecule has 2 aromatic carbocycles. The van der Waals surface area contributed by atoms with E-state index in [9.17, 15) is 17.6 Å². The summed E-state index contributed by atoms with van der Waals surface area (Å²) in [5.41, 5.74) is 1.04. The topological polar surface area (TPSA) is 142 Å². The van der Waals surface area contributed by atoms with Gasteiger partial charge in [0.2, 0.25) is 10.0 Å². The van der Waals surface area contributed by atoms with Crippen molar-refractivity contribution in [1.29, 1.82) is 0 Å². The molecule has 1 amide bonds. The first-order valence-corrected chi connectivity index (χ1v) is 11.1. The lowest BCUT2D eigenvalue weighted by Gasteiger charge is -2.34. The molecule has 0 radical (unpaired) electrons. The molecule has 1 aliphatic heterocycles. The van der Waals surface area contributed by atoms with Gasteiger partial charge in [-0.2, -0.15) is 4.31 Å². The standard InChI is InChI=1S/C19H21FN2O4S.C2H2O4/c1-15-3-2-4-17(13-15)26-14-19(23)21-9-11-22(12-10-21)27(24,25)18-7-5-16(20)6-8-18;3-1(4)2(5)6/h2-8,13H,9-12,14H2,1H3;(H,3,4)(H,5,6). The van der Waals surface area contributed by atoms with E-state index in [1.165, 1.54) is 16.4 Å². The number of carboxylic acids is 2. The van der Waals surface area contributed by atoms with Crippen LogP contribution < -0.4 is 4.74 Å². The molecule has 0 aromatic heterocycles. The van der Waals surface area contributed by atoms with Crippen molar-refractivity contribution in [3.63, 3.8) is 0 Å². The highest BCUT2D eigenvalue weighted by Gasteiger charge is 2.30.